The Morgan fingerprint density at radius 3 is 2.62 bits per heavy atom. The molecular formula is C18H21FN4OS2. The van der Waals surface area contributed by atoms with Crippen LogP contribution < -0.4 is 10.3 Å². The summed E-state index contributed by atoms with van der Waals surface area (Å²) in [7, 11) is 1.67. The number of aryl methyl sites for hydroxylation is 2. The van der Waals surface area contributed by atoms with E-state index in [1.54, 1.807) is 25.5 Å². The van der Waals surface area contributed by atoms with Crippen molar-refractivity contribution in [1.82, 2.24) is 18.2 Å². The second kappa shape index (κ2) is 7.09. The topological polar surface area (TPSA) is 51.9 Å². The lowest BCUT2D eigenvalue weighted by molar-refractivity contribution is 0.535. The Bertz CT molecular complexity index is 1020. The molecule has 0 unspecified atom stereocenters. The quantitative estimate of drug-likeness (QED) is 0.663. The van der Waals surface area contributed by atoms with Crippen molar-refractivity contribution >= 4 is 35.2 Å². The highest BCUT2D eigenvalue weighted by atomic mass is 32.2. The third kappa shape index (κ3) is 3.67. The third-order valence-corrected chi connectivity index (χ3v) is 5.45. The molecule has 0 fully saturated rings. The molecule has 3 aromatic rings. The lowest BCUT2D eigenvalue weighted by Crippen LogP contribution is -2.29. The molecule has 3 heterocycles. The summed E-state index contributed by atoms with van der Waals surface area (Å²) in [4.78, 5) is 17.2. The SMILES string of the molecule is Cc1ccc(SNC(C)(C)C)nc1-c1cn(C)c(=O)c2c1ccn2SF. The number of rotatable bonds is 4. The van der Waals surface area contributed by atoms with Crippen LogP contribution in [0.3, 0.4) is 0 Å². The first-order chi connectivity index (χ1) is 12.2. The van der Waals surface area contributed by atoms with Gasteiger partial charge in [0.25, 0.3) is 5.56 Å². The smallest absolute Gasteiger partial charge is 0.275 e. The number of hydrogen-bond donors (Lipinski definition) is 1. The molecule has 0 saturated heterocycles. The zero-order chi connectivity index (χ0) is 19.1. The molecule has 8 heteroatoms. The van der Waals surface area contributed by atoms with Gasteiger partial charge in [0.2, 0.25) is 0 Å². The second-order valence-corrected chi connectivity index (χ2v) is 8.56. The highest BCUT2D eigenvalue weighted by Crippen LogP contribution is 2.31. The first-order valence-electron chi connectivity index (χ1n) is 8.13. The number of halogens is 1. The molecule has 0 spiro atoms. The van der Waals surface area contributed by atoms with E-state index in [1.807, 2.05) is 19.1 Å². The summed E-state index contributed by atoms with van der Waals surface area (Å²) in [5.74, 6) is 0. The molecule has 0 bridgehead atoms. The minimum atomic E-state index is -0.239. The van der Waals surface area contributed by atoms with Gasteiger partial charge in [-0.3, -0.25) is 13.5 Å². The molecule has 0 radical (unpaired) electrons. The van der Waals surface area contributed by atoms with Crippen LogP contribution in [0.25, 0.3) is 22.2 Å². The van der Waals surface area contributed by atoms with Gasteiger partial charge in [-0.15, -0.1) is 3.89 Å². The Morgan fingerprint density at radius 2 is 1.96 bits per heavy atom. The molecule has 0 aliphatic heterocycles. The summed E-state index contributed by atoms with van der Waals surface area (Å²) in [6.45, 7) is 8.24. The molecular weight excluding hydrogens is 371 g/mol. The van der Waals surface area contributed by atoms with Crippen LogP contribution in [0.2, 0.25) is 0 Å². The maximum Gasteiger partial charge on any atom is 0.275 e. The fourth-order valence-corrected chi connectivity index (χ4v) is 3.66. The van der Waals surface area contributed by atoms with Gasteiger partial charge >= 0.3 is 0 Å². The molecule has 0 aliphatic rings. The number of aromatic nitrogens is 3. The van der Waals surface area contributed by atoms with Crippen molar-refractivity contribution in [2.45, 2.75) is 38.3 Å². The Balaban J connectivity index is 2.16. The van der Waals surface area contributed by atoms with E-state index in [1.165, 1.54) is 20.5 Å². The van der Waals surface area contributed by atoms with Crippen LogP contribution in [0.4, 0.5) is 3.89 Å². The van der Waals surface area contributed by atoms with Crippen LogP contribution in [0.15, 0.2) is 40.4 Å². The van der Waals surface area contributed by atoms with Gasteiger partial charge in [-0.2, -0.15) is 0 Å². The lowest BCUT2D eigenvalue weighted by Gasteiger charge is -2.19. The first-order valence-corrected chi connectivity index (χ1v) is 9.62. The molecule has 3 aromatic heterocycles. The van der Waals surface area contributed by atoms with Gasteiger partial charge in [0.15, 0.2) is 12.3 Å². The van der Waals surface area contributed by atoms with Crippen molar-refractivity contribution in [3.8, 4) is 11.3 Å². The van der Waals surface area contributed by atoms with Gasteiger partial charge in [0.1, 0.15) is 10.5 Å². The van der Waals surface area contributed by atoms with E-state index in [0.29, 0.717) is 10.9 Å². The normalized spacial score (nSPS) is 12.1. The van der Waals surface area contributed by atoms with Crippen LogP contribution in [0.5, 0.6) is 0 Å². The van der Waals surface area contributed by atoms with Crippen molar-refractivity contribution < 1.29 is 3.89 Å². The Morgan fingerprint density at radius 1 is 1.23 bits per heavy atom. The second-order valence-electron chi connectivity index (χ2n) is 7.20. The van der Waals surface area contributed by atoms with Crippen molar-refractivity contribution in [2.24, 2.45) is 7.05 Å². The van der Waals surface area contributed by atoms with Gasteiger partial charge < -0.3 is 4.57 Å². The summed E-state index contributed by atoms with van der Waals surface area (Å²) in [6, 6.07) is 5.73. The molecule has 0 aliphatic carbocycles. The summed E-state index contributed by atoms with van der Waals surface area (Å²) < 4.78 is 19.3. The minimum absolute atomic E-state index is 0.0187. The van der Waals surface area contributed by atoms with Crippen LogP contribution in [0, 0.1) is 6.92 Å². The molecule has 3 rings (SSSR count). The predicted octanol–water partition coefficient (Wildman–Crippen LogP) is 4.49. The zero-order valence-corrected chi connectivity index (χ0v) is 17.0. The van der Waals surface area contributed by atoms with Crippen LogP contribution in [-0.2, 0) is 7.05 Å². The summed E-state index contributed by atoms with van der Waals surface area (Å²) in [5, 5.41) is 1.53. The largest absolute Gasteiger partial charge is 0.316 e. The monoisotopic (exact) mass is 392 g/mol. The number of nitrogens with zero attached hydrogens (tertiary/aromatic N) is 3. The number of fused-ring (bicyclic) bond motifs is 1. The number of nitrogens with one attached hydrogen (secondary N) is 1. The van der Waals surface area contributed by atoms with E-state index in [9.17, 15) is 8.68 Å². The zero-order valence-electron chi connectivity index (χ0n) is 15.3. The van der Waals surface area contributed by atoms with Crippen molar-refractivity contribution in [1.29, 1.82) is 0 Å². The van der Waals surface area contributed by atoms with Gasteiger partial charge in [-0.05, 0) is 57.3 Å². The number of hydrogen-bond acceptors (Lipinski definition) is 5. The summed E-state index contributed by atoms with van der Waals surface area (Å²) in [6.07, 6.45) is 3.33. The lowest BCUT2D eigenvalue weighted by atomic mass is 10.1. The summed E-state index contributed by atoms with van der Waals surface area (Å²) >= 11 is 1.49. The fraction of sp³-hybridized carbons (Fsp3) is 0.333. The third-order valence-electron chi connectivity index (χ3n) is 3.85. The van der Waals surface area contributed by atoms with E-state index in [2.05, 4.69) is 25.5 Å². The fourth-order valence-electron chi connectivity index (χ4n) is 2.62. The van der Waals surface area contributed by atoms with Crippen LogP contribution in [-0.4, -0.2) is 19.1 Å². The van der Waals surface area contributed by atoms with Crippen LogP contribution >= 0.6 is 24.3 Å². The van der Waals surface area contributed by atoms with E-state index in [0.717, 1.165) is 21.8 Å². The summed E-state index contributed by atoms with van der Waals surface area (Å²) in [5.41, 5.74) is 2.63. The van der Waals surface area contributed by atoms with E-state index >= 15 is 0 Å². The first kappa shape index (κ1) is 19.0. The average Bonchev–Trinajstić information content (AvgIpc) is 3.01. The molecule has 1 N–H and O–H groups in total. The van der Waals surface area contributed by atoms with Crippen LogP contribution in [0.1, 0.15) is 26.3 Å². The van der Waals surface area contributed by atoms with E-state index in [4.69, 9.17) is 4.98 Å². The minimum Gasteiger partial charge on any atom is -0.316 e. The van der Waals surface area contributed by atoms with Gasteiger partial charge in [0, 0.05) is 35.9 Å². The van der Waals surface area contributed by atoms with Crippen molar-refractivity contribution in [3.05, 3.63) is 46.5 Å². The van der Waals surface area contributed by atoms with Crippen molar-refractivity contribution in [2.75, 3.05) is 0 Å². The predicted molar refractivity (Wildman–Crippen MR) is 108 cm³/mol. The highest BCUT2D eigenvalue weighted by molar-refractivity contribution is 7.97. The molecule has 0 atom stereocenters. The Hall–Kier alpha value is -1.77. The maximum atomic E-state index is 13.2. The van der Waals surface area contributed by atoms with Gasteiger partial charge in [-0.25, -0.2) is 4.98 Å². The molecule has 0 amide bonds. The highest BCUT2D eigenvalue weighted by Gasteiger charge is 2.17. The van der Waals surface area contributed by atoms with E-state index in [-0.39, 0.29) is 23.4 Å². The number of pyridine rings is 2. The van der Waals surface area contributed by atoms with Crippen molar-refractivity contribution in [3.63, 3.8) is 0 Å². The molecule has 138 valence electrons. The molecule has 0 aromatic carbocycles. The van der Waals surface area contributed by atoms with Gasteiger partial charge in [-0.1, -0.05) is 6.07 Å². The molecule has 0 saturated carbocycles. The standard InChI is InChI=1S/C18H21FN4OS2/c1-11-6-7-14(25-21-18(2,3)4)20-15(11)13-10-22(5)17(24)16-12(13)8-9-23(16)26-19/h6-10,21H,1-5H3. The maximum absolute atomic E-state index is 13.2. The van der Waals surface area contributed by atoms with E-state index < -0.39 is 0 Å². The Labute approximate surface area is 160 Å². The Kier molecular flexibility index (Phi) is 5.18. The molecule has 26 heavy (non-hydrogen) atoms. The molecule has 5 nitrogen and oxygen atoms in total. The van der Waals surface area contributed by atoms with Gasteiger partial charge in [0.05, 0.1) is 5.69 Å². The average molecular weight is 393 g/mol.